The van der Waals surface area contributed by atoms with E-state index in [1.807, 2.05) is 26.0 Å². The largest absolute Gasteiger partial charge is 0.338 e. The van der Waals surface area contributed by atoms with Crippen molar-refractivity contribution in [1.82, 2.24) is 10.2 Å². The molecule has 3 amide bonds. The van der Waals surface area contributed by atoms with Crippen LogP contribution in [0.3, 0.4) is 0 Å². The second-order valence-electron chi connectivity index (χ2n) is 6.56. The molecule has 0 heterocycles. The fourth-order valence-corrected chi connectivity index (χ4v) is 2.20. The van der Waals surface area contributed by atoms with Gasteiger partial charge in [0.15, 0.2) is 6.29 Å². The van der Waals surface area contributed by atoms with Gasteiger partial charge < -0.3 is 10.1 Å². The molecule has 0 radical (unpaired) electrons. The molecule has 1 unspecified atom stereocenters. The number of carbonyl (C=O) groups excluding carboxylic acids is 3. The van der Waals surface area contributed by atoms with Gasteiger partial charge in [-0.3, -0.25) is 9.69 Å². The van der Waals surface area contributed by atoms with E-state index in [1.54, 1.807) is 6.08 Å². The monoisotopic (exact) mass is 392 g/mol. The number of nitrogens with one attached hydrogen (secondary N) is 1. The lowest BCUT2D eigenvalue weighted by Gasteiger charge is -2.22. The number of allylic oxidation sites excluding steroid dienone is 4. The van der Waals surface area contributed by atoms with Crippen LogP contribution < -0.4 is 5.32 Å². The van der Waals surface area contributed by atoms with E-state index < -0.39 is 18.0 Å². The van der Waals surface area contributed by atoms with Crippen LogP contribution in [0.25, 0.3) is 0 Å². The number of nitrogens with zero attached hydrogens (tertiary/aromatic N) is 3. The molecule has 0 fully saturated rings. The number of unbranched alkanes of at least 4 members (excludes halogenated alkanes) is 2. The third-order valence-electron chi connectivity index (χ3n) is 3.74. The maximum Gasteiger partial charge on any atom is 0.324 e. The predicted octanol–water partition coefficient (Wildman–Crippen LogP) is 4.79. The Morgan fingerprint density at radius 1 is 1.21 bits per heavy atom. The molecule has 0 spiro atoms. The number of hydrogen-bond acceptors (Lipinski definition) is 5. The Morgan fingerprint density at radius 2 is 1.89 bits per heavy atom. The van der Waals surface area contributed by atoms with Gasteiger partial charge in [-0.15, -0.1) is 0 Å². The quantitative estimate of drug-likeness (QED) is 0.251. The Hall–Kier alpha value is -2.31. The van der Waals surface area contributed by atoms with Crippen LogP contribution in [0.1, 0.15) is 72.6 Å². The summed E-state index contributed by atoms with van der Waals surface area (Å²) in [5.41, 5.74) is 0.717. The lowest BCUT2D eigenvalue weighted by molar-refractivity contribution is -0.132. The topological polar surface area (TPSA) is 91.2 Å². The molecule has 0 aromatic rings. The van der Waals surface area contributed by atoms with Crippen LogP contribution in [0.15, 0.2) is 34.2 Å². The molecule has 1 aliphatic carbocycles. The van der Waals surface area contributed by atoms with Gasteiger partial charge in [-0.2, -0.15) is 10.2 Å². The molecular formula is C21H36N4O3. The standard InChI is InChI=1S/C18H28N4O3.C3H8/c1-3-5-12-19-18(25)22(13-6-4-2)17(24)16(14-23)21-20-15-10-8-7-9-11-15;1-3-2/h7-8,10,14,16H,3-6,9,11-13H2,1-2H3,(H,19,25);3H2,1-2H3. The molecule has 0 saturated heterocycles. The molecule has 0 aromatic carbocycles. The molecule has 0 bridgehead atoms. The zero-order valence-electron chi connectivity index (χ0n) is 17.8. The summed E-state index contributed by atoms with van der Waals surface area (Å²) in [7, 11) is 0. The summed E-state index contributed by atoms with van der Waals surface area (Å²) in [6.07, 6.45) is 12.2. The maximum absolute atomic E-state index is 12.6. The first-order valence-electron chi connectivity index (χ1n) is 10.4. The Bertz CT molecular complexity index is 556. The second kappa shape index (κ2) is 16.8. The highest BCUT2D eigenvalue weighted by Gasteiger charge is 2.28. The van der Waals surface area contributed by atoms with Crippen molar-refractivity contribution >= 4 is 18.2 Å². The van der Waals surface area contributed by atoms with E-state index >= 15 is 0 Å². The minimum atomic E-state index is -1.29. The van der Waals surface area contributed by atoms with Crippen LogP contribution >= 0.6 is 0 Å². The number of urea groups is 1. The minimum Gasteiger partial charge on any atom is -0.338 e. The number of hydrogen-bond donors (Lipinski definition) is 1. The van der Waals surface area contributed by atoms with E-state index in [4.69, 9.17) is 0 Å². The SMILES string of the molecule is CCC.CCCCNC(=O)N(CCCC)C(=O)C(C=O)N=NC1=CC=CCC1. The number of rotatable bonds is 10. The molecule has 7 heteroatoms. The average Bonchev–Trinajstić information content (AvgIpc) is 2.70. The van der Waals surface area contributed by atoms with Crippen molar-refractivity contribution in [2.75, 3.05) is 13.1 Å². The van der Waals surface area contributed by atoms with E-state index in [0.717, 1.165) is 42.7 Å². The predicted molar refractivity (Wildman–Crippen MR) is 112 cm³/mol. The third kappa shape index (κ3) is 10.7. The van der Waals surface area contributed by atoms with Gasteiger partial charge in [0, 0.05) is 13.1 Å². The van der Waals surface area contributed by atoms with Crippen molar-refractivity contribution in [2.45, 2.75) is 78.7 Å². The summed E-state index contributed by atoms with van der Waals surface area (Å²) in [5, 5.41) is 10.6. The molecule has 0 aromatic heterocycles. The van der Waals surface area contributed by atoms with Gasteiger partial charge in [0.25, 0.3) is 5.91 Å². The van der Waals surface area contributed by atoms with Crippen LogP contribution in [0.2, 0.25) is 0 Å². The fraction of sp³-hybridized carbons (Fsp3) is 0.667. The first kappa shape index (κ1) is 25.7. The zero-order valence-corrected chi connectivity index (χ0v) is 17.8. The molecule has 0 saturated carbocycles. The number of aldehydes is 1. The van der Waals surface area contributed by atoms with Crippen molar-refractivity contribution in [3.05, 3.63) is 23.9 Å². The van der Waals surface area contributed by atoms with Crippen molar-refractivity contribution in [3.8, 4) is 0 Å². The molecule has 1 N–H and O–H groups in total. The van der Waals surface area contributed by atoms with Gasteiger partial charge in [0.05, 0.1) is 5.70 Å². The summed E-state index contributed by atoms with van der Waals surface area (Å²) >= 11 is 0. The van der Waals surface area contributed by atoms with Crippen molar-refractivity contribution in [2.24, 2.45) is 10.2 Å². The molecule has 28 heavy (non-hydrogen) atoms. The molecule has 0 aliphatic heterocycles. The Balaban J connectivity index is 0.00000227. The van der Waals surface area contributed by atoms with Crippen LogP contribution in [-0.4, -0.2) is 42.3 Å². The molecule has 158 valence electrons. The fourth-order valence-electron chi connectivity index (χ4n) is 2.20. The van der Waals surface area contributed by atoms with Gasteiger partial charge in [-0.1, -0.05) is 59.1 Å². The summed E-state index contributed by atoms with van der Waals surface area (Å²) in [5.74, 6) is -0.631. The van der Waals surface area contributed by atoms with Gasteiger partial charge in [-0.25, -0.2) is 4.79 Å². The second-order valence-corrected chi connectivity index (χ2v) is 6.56. The van der Waals surface area contributed by atoms with Gasteiger partial charge in [0.1, 0.15) is 0 Å². The van der Waals surface area contributed by atoms with Crippen molar-refractivity contribution < 1.29 is 14.4 Å². The first-order valence-corrected chi connectivity index (χ1v) is 10.4. The summed E-state index contributed by atoms with van der Waals surface area (Å²) in [6.45, 7) is 9.00. The zero-order chi connectivity index (χ0) is 21.2. The van der Waals surface area contributed by atoms with E-state index in [-0.39, 0.29) is 6.54 Å². The summed E-state index contributed by atoms with van der Waals surface area (Å²) in [4.78, 5) is 37.2. The first-order chi connectivity index (χ1) is 13.5. The van der Waals surface area contributed by atoms with Crippen LogP contribution in [0.4, 0.5) is 4.79 Å². The lowest BCUT2D eigenvalue weighted by Crippen LogP contribution is -2.48. The van der Waals surface area contributed by atoms with Gasteiger partial charge >= 0.3 is 6.03 Å². The lowest BCUT2D eigenvalue weighted by atomic mass is 10.1. The molecule has 1 aliphatic rings. The third-order valence-corrected chi connectivity index (χ3v) is 3.74. The van der Waals surface area contributed by atoms with Crippen LogP contribution in [0, 0.1) is 0 Å². The molecule has 1 rings (SSSR count). The Morgan fingerprint density at radius 3 is 2.43 bits per heavy atom. The van der Waals surface area contributed by atoms with E-state index in [2.05, 4.69) is 29.4 Å². The Labute approximate surface area is 169 Å². The summed E-state index contributed by atoms with van der Waals surface area (Å²) in [6, 6.07) is -1.77. The number of imide groups is 1. The molecule has 1 atom stereocenters. The highest BCUT2D eigenvalue weighted by molar-refractivity contribution is 6.04. The number of carbonyl (C=O) groups is 3. The number of amides is 3. The van der Waals surface area contributed by atoms with Crippen molar-refractivity contribution in [1.29, 1.82) is 0 Å². The van der Waals surface area contributed by atoms with Gasteiger partial charge in [-0.05, 0) is 31.8 Å². The van der Waals surface area contributed by atoms with E-state index in [9.17, 15) is 14.4 Å². The molecular weight excluding hydrogens is 356 g/mol. The van der Waals surface area contributed by atoms with Crippen molar-refractivity contribution in [3.63, 3.8) is 0 Å². The van der Waals surface area contributed by atoms with E-state index in [0.29, 0.717) is 19.3 Å². The van der Waals surface area contributed by atoms with Crippen LogP contribution in [-0.2, 0) is 9.59 Å². The highest BCUT2D eigenvalue weighted by atomic mass is 16.2. The maximum atomic E-state index is 12.6. The van der Waals surface area contributed by atoms with E-state index in [1.165, 1.54) is 6.42 Å². The normalized spacial score (nSPS) is 13.9. The van der Waals surface area contributed by atoms with Gasteiger partial charge in [0.2, 0.25) is 6.04 Å². The summed E-state index contributed by atoms with van der Waals surface area (Å²) < 4.78 is 0. The Kier molecular flexibility index (Phi) is 15.4. The number of azo groups is 1. The minimum absolute atomic E-state index is 0.262. The van der Waals surface area contributed by atoms with Crippen LogP contribution in [0.5, 0.6) is 0 Å². The molecule has 7 nitrogen and oxygen atoms in total. The highest BCUT2D eigenvalue weighted by Crippen LogP contribution is 2.14. The smallest absolute Gasteiger partial charge is 0.324 e. The average molecular weight is 393 g/mol.